The van der Waals surface area contributed by atoms with E-state index < -0.39 is 0 Å². The number of halogens is 1. The molecule has 3 atom stereocenters. The van der Waals surface area contributed by atoms with Gasteiger partial charge in [-0.05, 0) is 12.1 Å². The van der Waals surface area contributed by atoms with Crippen molar-refractivity contribution in [1.82, 2.24) is 9.88 Å². The Kier molecular flexibility index (Phi) is 3.26. The van der Waals surface area contributed by atoms with Crippen LogP contribution in [0, 0.1) is 5.82 Å². The van der Waals surface area contributed by atoms with E-state index >= 15 is 0 Å². The molecular weight excluding hydrogens is 285 g/mol. The van der Waals surface area contributed by atoms with Crippen molar-refractivity contribution in [1.29, 1.82) is 0 Å². The summed E-state index contributed by atoms with van der Waals surface area (Å²) in [6.45, 7) is 3.51. The first kappa shape index (κ1) is 13.6. The van der Waals surface area contributed by atoms with Crippen LogP contribution < -0.4 is 9.64 Å². The van der Waals surface area contributed by atoms with Crippen molar-refractivity contribution in [3.05, 3.63) is 42.0 Å². The van der Waals surface area contributed by atoms with Crippen LogP contribution in [0.5, 0.6) is 5.75 Å². The maximum Gasteiger partial charge on any atom is 0.297 e. The van der Waals surface area contributed by atoms with E-state index in [4.69, 9.17) is 9.15 Å². The zero-order chi connectivity index (χ0) is 15.1. The van der Waals surface area contributed by atoms with Crippen molar-refractivity contribution >= 4 is 6.01 Å². The third kappa shape index (κ3) is 2.06. The molecule has 4 rings (SSSR count). The number of nitrogens with zero attached hydrogens (tertiary/aromatic N) is 3. The molecule has 3 heterocycles. The van der Waals surface area contributed by atoms with Crippen LogP contribution in [0.25, 0.3) is 0 Å². The van der Waals surface area contributed by atoms with Gasteiger partial charge in [0.1, 0.15) is 17.8 Å². The van der Waals surface area contributed by atoms with Crippen molar-refractivity contribution in [3.8, 4) is 5.75 Å². The predicted molar refractivity (Wildman–Crippen MR) is 79.8 cm³/mol. The number of oxazole rings is 1. The summed E-state index contributed by atoms with van der Waals surface area (Å²) in [4.78, 5) is 8.78. The molecule has 0 saturated carbocycles. The highest BCUT2D eigenvalue weighted by Crippen LogP contribution is 2.40. The Bertz CT molecular complexity index is 661. The standard InChI is InChI=1S/C16H18FN3O2/c1-21-14-4-2-3-12(17)15(14)11-9-19-6-7-20(13(11)10-19)16-18-5-8-22-16/h2-5,8,11,13H,6-7,9-10H2,1H3. The second-order valence-electron chi connectivity index (χ2n) is 5.80. The Hall–Kier alpha value is -2.08. The fourth-order valence-electron chi connectivity index (χ4n) is 3.71. The molecule has 2 aliphatic rings. The molecule has 1 aromatic heterocycles. The molecule has 5 nitrogen and oxygen atoms in total. The van der Waals surface area contributed by atoms with Gasteiger partial charge in [0.2, 0.25) is 0 Å². The first-order valence-electron chi connectivity index (χ1n) is 7.49. The maximum absolute atomic E-state index is 14.5. The number of rotatable bonds is 3. The van der Waals surface area contributed by atoms with Crippen molar-refractivity contribution < 1.29 is 13.5 Å². The van der Waals surface area contributed by atoms with Crippen molar-refractivity contribution in [2.45, 2.75) is 12.0 Å². The number of aromatic nitrogens is 1. The number of methoxy groups -OCH3 is 1. The lowest BCUT2D eigenvalue weighted by Gasteiger charge is -2.35. The van der Waals surface area contributed by atoms with Gasteiger partial charge in [0, 0.05) is 37.7 Å². The van der Waals surface area contributed by atoms with E-state index in [1.54, 1.807) is 25.6 Å². The quantitative estimate of drug-likeness (QED) is 0.869. The van der Waals surface area contributed by atoms with Crippen LogP contribution in [0.15, 0.2) is 35.1 Å². The lowest BCUT2D eigenvalue weighted by Crippen LogP contribution is -2.48. The predicted octanol–water partition coefficient (Wildman–Crippen LogP) is 2.11. The number of ether oxygens (including phenoxy) is 1. The first-order chi connectivity index (χ1) is 10.8. The topological polar surface area (TPSA) is 41.7 Å². The van der Waals surface area contributed by atoms with E-state index in [1.807, 2.05) is 6.07 Å². The number of benzene rings is 1. The van der Waals surface area contributed by atoms with E-state index in [0.717, 1.165) is 26.2 Å². The summed E-state index contributed by atoms with van der Waals surface area (Å²) in [5.74, 6) is 0.460. The van der Waals surface area contributed by atoms with Gasteiger partial charge < -0.3 is 14.1 Å². The van der Waals surface area contributed by atoms with Gasteiger partial charge >= 0.3 is 0 Å². The Balaban J connectivity index is 1.74. The van der Waals surface area contributed by atoms with Crippen LogP contribution >= 0.6 is 0 Å². The van der Waals surface area contributed by atoms with Gasteiger partial charge in [-0.2, -0.15) is 0 Å². The SMILES string of the molecule is COc1cccc(F)c1C1CN2CCN(c3ncco3)C1C2. The monoisotopic (exact) mass is 303 g/mol. The second-order valence-corrected chi connectivity index (χ2v) is 5.80. The molecule has 22 heavy (non-hydrogen) atoms. The summed E-state index contributed by atoms with van der Waals surface area (Å²) in [7, 11) is 1.59. The summed E-state index contributed by atoms with van der Waals surface area (Å²) in [5.41, 5.74) is 0.663. The molecule has 2 aliphatic heterocycles. The molecule has 1 aromatic carbocycles. The van der Waals surface area contributed by atoms with Gasteiger partial charge in [-0.3, -0.25) is 4.90 Å². The summed E-state index contributed by atoms with van der Waals surface area (Å²) in [6, 6.07) is 5.78. The smallest absolute Gasteiger partial charge is 0.297 e. The molecule has 116 valence electrons. The van der Waals surface area contributed by atoms with Gasteiger partial charge in [-0.1, -0.05) is 6.07 Å². The summed E-state index contributed by atoms with van der Waals surface area (Å²) >= 11 is 0. The average molecular weight is 303 g/mol. The molecular formula is C16H18FN3O2. The van der Waals surface area contributed by atoms with Crippen molar-refractivity contribution in [2.75, 3.05) is 38.2 Å². The Labute approximate surface area is 128 Å². The minimum atomic E-state index is -0.203. The molecule has 0 aliphatic carbocycles. The minimum Gasteiger partial charge on any atom is -0.496 e. The highest BCUT2D eigenvalue weighted by molar-refractivity contribution is 5.43. The third-order valence-corrected chi connectivity index (χ3v) is 4.69. The van der Waals surface area contributed by atoms with Gasteiger partial charge in [0.05, 0.1) is 19.3 Å². The zero-order valence-electron chi connectivity index (χ0n) is 12.4. The van der Waals surface area contributed by atoms with E-state index in [9.17, 15) is 4.39 Å². The Morgan fingerprint density at radius 3 is 3.00 bits per heavy atom. The largest absolute Gasteiger partial charge is 0.496 e. The summed E-state index contributed by atoms with van der Waals surface area (Å²) in [5, 5.41) is 0. The lowest BCUT2D eigenvalue weighted by atomic mass is 9.92. The van der Waals surface area contributed by atoms with Crippen LogP contribution in [0.3, 0.4) is 0 Å². The lowest BCUT2D eigenvalue weighted by molar-refractivity contribution is 0.303. The Morgan fingerprint density at radius 1 is 1.32 bits per heavy atom. The van der Waals surface area contributed by atoms with E-state index in [0.29, 0.717) is 17.3 Å². The van der Waals surface area contributed by atoms with Gasteiger partial charge in [0.15, 0.2) is 0 Å². The van der Waals surface area contributed by atoms with E-state index in [2.05, 4.69) is 14.8 Å². The molecule has 6 heteroatoms. The van der Waals surface area contributed by atoms with Gasteiger partial charge in [-0.25, -0.2) is 9.37 Å². The van der Waals surface area contributed by atoms with Crippen molar-refractivity contribution in [2.24, 2.45) is 0 Å². The van der Waals surface area contributed by atoms with Crippen LogP contribution in [0.1, 0.15) is 11.5 Å². The molecule has 2 fully saturated rings. The molecule has 0 N–H and O–H groups in total. The van der Waals surface area contributed by atoms with Crippen molar-refractivity contribution in [3.63, 3.8) is 0 Å². The first-order valence-corrected chi connectivity index (χ1v) is 7.49. The van der Waals surface area contributed by atoms with Crippen LogP contribution in [0.2, 0.25) is 0 Å². The molecule has 0 spiro atoms. The number of fused-ring (bicyclic) bond motifs is 2. The summed E-state index contributed by atoms with van der Waals surface area (Å²) < 4.78 is 25.3. The fraction of sp³-hybridized carbons (Fsp3) is 0.438. The number of hydrogen-bond donors (Lipinski definition) is 0. The molecule has 2 saturated heterocycles. The molecule has 3 unspecified atom stereocenters. The maximum atomic E-state index is 14.5. The molecule has 0 amide bonds. The zero-order valence-corrected chi connectivity index (χ0v) is 12.4. The molecule has 2 bridgehead atoms. The van der Waals surface area contributed by atoms with Crippen LogP contribution in [-0.2, 0) is 0 Å². The number of piperazine rings is 1. The Morgan fingerprint density at radius 2 is 2.23 bits per heavy atom. The van der Waals surface area contributed by atoms with Gasteiger partial charge in [0.25, 0.3) is 6.01 Å². The normalized spacial score (nSPS) is 27.2. The van der Waals surface area contributed by atoms with E-state index in [-0.39, 0.29) is 17.8 Å². The third-order valence-electron chi connectivity index (χ3n) is 4.69. The second kappa shape index (κ2) is 5.28. The number of hydrogen-bond acceptors (Lipinski definition) is 5. The fourth-order valence-corrected chi connectivity index (χ4v) is 3.71. The van der Waals surface area contributed by atoms with Gasteiger partial charge in [-0.15, -0.1) is 0 Å². The molecule has 2 aromatic rings. The minimum absolute atomic E-state index is 0.0468. The number of anilines is 1. The molecule has 0 radical (unpaired) electrons. The summed E-state index contributed by atoms with van der Waals surface area (Å²) in [6.07, 6.45) is 3.23. The highest BCUT2D eigenvalue weighted by Gasteiger charge is 2.44. The average Bonchev–Trinajstić information content (AvgIpc) is 3.17. The van der Waals surface area contributed by atoms with E-state index in [1.165, 1.54) is 6.07 Å². The van der Waals surface area contributed by atoms with Crippen LogP contribution in [-0.4, -0.2) is 49.2 Å². The van der Waals surface area contributed by atoms with Crippen LogP contribution in [0.4, 0.5) is 10.4 Å². The highest BCUT2D eigenvalue weighted by atomic mass is 19.1.